The molecule has 1 aromatic rings. The number of aryl methyl sites for hydroxylation is 2. The Morgan fingerprint density at radius 3 is 2.55 bits per heavy atom. The Morgan fingerprint density at radius 2 is 1.95 bits per heavy atom. The predicted molar refractivity (Wildman–Crippen MR) is 89.3 cm³/mol. The molecule has 1 aliphatic rings. The highest BCUT2D eigenvalue weighted by Gasteiger charge is 2.24. The zero-order valence-electron chi connectivity index (χ0n) is 14.0. The molecule has 114 valence electrons. The second-order valence-corrected chi connectivity index (χ2v) is 5.88. The third-order valence-corrected chi connectivity index (χ3v) is 3.98. The summed E-state index contributed by atoms with van der Waals surface area (Å²) >= 11 is 0. The van der Waals surface area contributed by atoms with E-state index in [1.165, 1.54) is 30.5 Å². The summed E-state index contributed by atoms with van der Waals surface area (Å²) < 4.78 is 0. The maximum atomic E-state index is 4.75. The van der Waals surface area contributed by atoms with Crippen LogP contribution in [0.5, 0.6) is 0 Å². The van der Waals surface area contributed by atoms with Crippen molar-refractivity contribution in [3.8, 4) is 0 Å². The van der Waals surface area contributed by atoms with Crippen LogP contribution in [0.1, 0.15) is 64.6 Å². The van der Waals surface area contributed by atoms with Gasteiger partial charge in [0.25, 0.3) is 0 Å². The summed E-state index contributed by atoms with van der Waals surface area (Å²) in [4.78, 5) is 4.75. The first-order valence-corrected chi connectivity index (χ1v) is 8.39. The minimum atomic E-state index is 0.954. The van der Waals surface area contributed by atoms with Gasteiger partial charge in [0, 0.05) is 12.2 Å². The number of hydrogen-bond acceptors (Lipinski definition) is 2. The Kier molecular flexibility index (Phi) is 7.64. The summed E-state index contributed by atoms with van der Waals surface area (Å²) in [5.74, 6) is 2.99. The summed E-state index contributed by atoms with van der Waals surface area (Å²) in [6.45, 7) is 11.7. The highest BCUT2D eigenvalue weighted by Crippen LogP contribution is 2.36. The molecule has 1 fully saturated rings. The van der Waals surface area contributed by atoms with Gasteiger partial charge in [-0.15, -0.1) is 0 Å². The van der Waals surface area contributed by atoms with Crippen LogP contribution >= 0.6 is 0 Å². The highest BCUT2D eigenvalue weighted by molar-refractivity contribution is 5.44. The fourth-order valence-electron chi connectivity index (χ4n) is 2.79. The van der Waals surface area contributed by atoms with Crippen molar-refractivity contribution in [1.82, 2.24) is 4.98 Å². The molecule has 1 aliphatic carbocycles. The lowest BCUT2D eigenvalue weighted by atomic mass is 9.74. The molecule has 20 heavy (non-hydrogen) atoms. The molecule has 0 unspecified atom stereocenters. The lowest BCUT2D eigenvalue weighted by Gasteiger charge is -2.32. The van der Waals surface area contributed by atoms with Gasteiger partial charge in [0.05, 0.1) is 0 Å². The Balaban J connectivity index is 0.000000956. The van der Waals surface area contributed by atoms with Gasteiger partial charge in [-0.05, 0) is 62.5 Å². The molecule has 0 amide bonds. The molecular weight excluding hydrogens is 244 g/mol. The molecule has 2 rings (SSSR count). The van der Waals surface area contributed by atoms with Crippen molar-refractivity contribution in [1.29, 1.82) is 0 Å². The van der Waals surface area contributed by atoms with E-state index in [9.17, 15) is 0 Å². The second-order valence-electron chi connectivity index (χ2n) is 5.88. The number of hydrogen-bond donors (Lipinski definition) is 1. The Labute approximate surface area is 125 Å². The standard InChI is InChI=1S/C16H26N2.C2H6/c1-4-9-17-16-13(3)5-7-15(18-16)8-6-14-10-12(2)11-14;1-2/h5,7,12,14H,4,6,8-11H2,1-3H3,(H,17,18);1-2H3. The summed E-state index contributed by atoms with van der Waals surface area (Å²) in [5, 5.41) is 3.41. The van der Waals surface area contributed by atoms with Crippen molar-refractivity contribution in [2.75, 3.05) is 11.9 Å². The summed E-state index contributed by atoms with van der Waals surface area (Å²) in [7, 11) is 0. The lowest BCUT2D eigenvalue weighted by Crippen LogP contribution is -2.21. The maximum absolute atomic E-state index is 4.75. The van der Waals surface area contributed by atoms with Gasteiger partial charge in [-0.1, -0.05) is 33.8 Å². The number of pyridine rings is 1. The van der Waals surface area contributed by atoms with E-state index < -0.39 is 0 Å². The molecule has 1 aromatic heterocycles. The largest absolute Gasteiger partial charge is 0.370 e. The maximum Gasteiger partial charge on any atom is 0.129 e. The van der Waals surface area contributed by atoms with Gasteiger partial charge in [0.2, 0.25) is 0 Å². The summed E-state index contributed by atoms with van der Waals surface area (Å²) in [6, 6.07) is 4.39. The van der Waals surface area contributed by atoms with Gasteiger partial charge in [0.15, 0.2) is 0 Å². The van der Waals surface area contributed by atoms with Crippen molar-refractivity contribution in [3.05, 3.63) is 23.4 Å². The third kappa shape index (κ3) is 5.15. The van der Waals surface area contributed by atoms with Gasteiger partial charge < -0.3 is 5.32 Å². The normalized spacial score (nSPS) is 20.6. The molecular formula is C18H32N2. The van der Waals surface area contributed by atoms with Gasteiger partial charge >= 0.3 is 0 Å². The van der Waals surface area contributed by atoms with Crippen LogP contribution < -0.4 is 5.32 Å². The van der Waals surface area contributed by atoms with Gasteiger partial charge in [-0.25, -0.2) is 4.98 Å². The average molecular weight is 276 g/mol. The number of nitrogens with one attached hydrogen (secondary N) is 1. The van der Waals surface area contributed by atoms with Crippen molar-refractivity contribution >= 4 is 5.82 Å². The zero-order valence-corrected chi connectivity index (χ0v) is 14.0. The lowest BCUT2D eigenvalue weighted by molar-refractivity contribution is 0.199. The molecule has 1 heterocycles. The van der Waals surface area contributed by atoms with Crippen LogP contribution in [0.2, 0.25) is 0 Å². The smallest absolute Gasteiger partial charge is 0.129 e. The quantitative estimate of drug-likeness (QED) is 0.770. The van der Waals surface area contributed by atoms with E-state index in [4.69, 9.17) is 4.98 Å². The molecule has 0 aromatic carbocycles. The van der Waals surface area contributed by atoms with E-state index in [2.05, 4.69) is 38.2 Å². The van der Waals surface area contributed by atoms with E-state index in [-0.39, 0.29) is 0 Å². The monoisotopic (exact) mass is 276 g/mol. The molecule has 1 N–H and O–H groups in total. The van der Waals surface area contributed by atoms with E-state index in [1.807, 2.05) is 13.8 Å². The van der Waals surface area contributed by atoms with Crippen LogP contribution in [0, 0.1) is 18.8 Å². The van der Waals surface area contributed by atoms with Crippen LogP contribution in [0.25, 0.3) is 0 Å². The topological polar surface area (TPSA) is 24.9 Å². The first kappa shape index (κ1) is 17.0. The Bertz CT molecular complexity index is 381. The number of anilines is 1. The molecule has 2 heteroatoms. The number of nitrogens with zero attached hydrogens (tertiary/aromatic N) is 1. The predicted octanol–water partition coefficient (Wildman–Crippen LogP) is 5.22. The third-order valence-electron chi connectivity index (χ3n) is 3.98. The highest BCUT2D eigenvalue weighted by atomic mass is 15.0. The van der Waals surface area contributed by atoms with Gasteiger partial charge in [-0.3, -0.25) is 0 Å². The molecule has 0 bridgehead atoms. The van der Waals surface area contributed by atoms with E-state index in [1.54, 1.807) is 0 Å². The van der Waals surface area contributed by atoms with Crippen molar-refractivity contribution in [2.45, 2.75) is 66.7 Å². The summed E-state index contributed by atoms with van der Waals surface area (Å²) in [6.07, 6.45) is 6.44. The molecule has 0 spiro atoms. The second kappa shape index (κ2) is 8.99. The van der Waals surface area contributed by atoms with Crippen LogP contribution in [0.15, 0.2) is 12.1 Å². The van der Waals surface area contributed by atoms with E-state index in [0.717, 1.165) is 37.0 Å². The van der Waals surface area contributed by atoms with Crippen molar-refractivity contribution < 1.29 is 0 Å². The first-order valence-electron chi connectivity index (χ1n) is 8.39. The molecule has 0 saturated heterocycles. The van der Waals surface area contributed by atoms with Crippen molar-refractivity contribution in [3.63, 3.8) is 0 Å². The van der Waals surface area contributed by atoms with E-state index in [0.29, 0.717) is 0 Å². The number of rotatable bonds is 6. The minimum absolute atomic E-state index is 0.954. The Hall–Kier alpha value is -1.05. The fraction of sp³-hybridized carbons (Fsp3) is 0.722. The van der Waals surface area contributed by atoms with Crippen LogP contribution in [-0.2, 0) is 6.42 Å². The zero-order chi connectivity index (χ0) is 15.0. The Morgan fingerprint density at radius 1 is 1.25 bits per heavy atom. The van der Waals surface area contributed by atoms with Crippen LogP contribution in [0.3, 0.4) is 0 Å². The van der Waals surface area contributed by atoms with Gasteiger partial charge in [-0.2, -0.15) is 0 Å². The van der Waals surface area contributed by atoms with Crippen LogP contribution in [-0.4, -0.2) is 11.5 Å². The molecule has 0 aliphatic heterocycles. The van der Waals surface area contributed by atoms with Gasteiger partial charge in [0.1, 0.15) is 5.82 Å². The molecule has 2 nitrogen and oxygen atoms in total. The molecule has 0 radical (unpaired) electrons. The molecule has 0 atom stereocenters. The fourth-order valence-corrected chi connectivity index (χ4v) is 2.79. The van der Waals surface area contributed by atoms with Crippen LogP contribution in [0.4, 0.5) is 5.82 Å². The van der Waals surface area contributed by atoms with Crippen molar-refractivity contribution in [2.24, 2.45) is 11.8 Å². The summed E-state index contributed by atoms with van der Waals surface area (Å²) in [5.41, 5.74) is 2.50. The average Bonchev–Trinajstić information content (AvgIpc) is 2.44. The van der Waals surface area contributed by atoms with E-state index >= 15 is 0 Å². The first-order chi connectivity index (χ1) is 9.69. The molecule has 1 saturated carbocycles. The number of aromatic nitrogens is 1. The minimum Gasteiger partial charge on any atom is -0.370 e. The SMILES string of the molecule is CC.CCCNc1nc(CCC2CC(C)C2)ccc1C.